The van der Waals surface area contributed by atoms with E-state index in [0.717, 1.165) is 46.5 Å². The maximum absolute atomic E-state index is 11.7. The molecule has 1 N–H and O–H groups in total. The SMILES string of the molecule is CC.CC.Cc1cc(Nc2ncnc3ccc(N(C=O)CCN(C)C)cc23)ccc1Oc1ccn2ncnc2c1. The van der Waals surface area contributed by atoms with E-state index in [9.17, 15) is 4.79 Å². The standard InChI is InChI=1S/C26H26N8O2.2C2H6/c1-18-12-19(4-7-24(18)36-21-8-9-34-25(14-21)28-16-30-34)31-26-22-13-20(5-6-23(22)27-15-29-26)33(17-35)11-10-32(2)3;2*1-2/h4-9,12-17H,10-11H2,1-3H3,(H,27,29,31);2*1-2H3. The monoisotopic (exact) mass is 542 g/mol. The summed E-state index contributed by atoms with van der Waals surface area (Å²) in [6.07, 6.45) is 5.69. The zero-order chi connectivity index (χ0) is 29.1. The first kappa shape index (κ1) is 30.0. The van der Waals surface area contributed by atoms with E-state index >= 15 is 0 Å². The molecule has 0 radical (unpaired) electrons. The van der Waals surface area contributed by atoms with Gasteiger partial charge in [0.2, 0.25) is 6.41 Å². The second-order valence-corrected chi connectivity index (χ2v) is 8.66. The molecule has 5 aromatic rings. The molecular formula is C30H38N8O2. The van der Waals surface area contributed by atoms with Crippen LogP contribution in [0.25, 0.3) is 16.6 Å². The summed E-state index contributed by atoms with van der Waals surface area (Å²) in [5, 5.41) is 8.32. The molecule has 0 atom stereocenters. The molecule has 5 rings (SSSR count). The predicted molar refractivity (Wildman–Crippen MR) is 162 cm³/mol. The fourth-order valence-corrected chi connectivity index (χ4v) is 3.84. The molecule has 40 heavy (non-hydrogen) atoms. The number of aromatic nitrogens is 5. The van der Waals surface area contributed by atoms with Crippen LogP contribution in [-0.4, -0.2) is 63.1 Å². The van der Waals surface area contributed by atoms with E-state index in [1.165, 1.54) is 12.7 Å². The molecule has 0 spiro atoms. The smallest absolute Gasteiger partial charge is 0.214 e. The number of aryl methyl sites for hydroxylation is 1. The van der Waals surface area contributed by atoms with Crippen LogP contribution < -0.4 is 15.0 Å². The summed E-state index contributed by atoms with van der Waals surface area (Å²) in [4.78, 5) is 28.5. The topological polar surface area (TPSA) is 101 Å². The number of anilines is 3. The van der Waals surface area contributed by atoms with Gasteiger partial charge in [-0.25, -0.2) is 19.5 Å². The lowest BCUT2D eigenvalue weighted by molar-refractivity contribution is -0.107. The van der Waals surface area contributed by atoms with Crippen LogP contribution in [0.1, 0.15) is 33.3 Å². The number of likely N-dealkylation sites (N-methyl/N-ethyl adjacent to an activating group) is 1. The molecule has 0 fully saturated rings. The third-order valence-electron chi connectivity index (χ3n) is 5.78. The first-order valence-corrected chi connectivity index (χ1v) is 13.5. The van der Waals surface area contributed by atoms with Gasteiger partial charge in [0.1, 0.15) is 30.0 Å². The van der Waals surface area contributed by atoms with E-state index in [1.807, 2.05) is 108 Å². The number of amides is 1. The van der Waals surface area contributed by atoms with Crippen LogP contribution in [-0.2, 0) is 4.79 Å². The average molecular weight is 543 g/mol. The van der Waals surface area contributed by atoms with Crippen molar-refractivity contribution in [2.24, 2.45) is 0 Å². The molecule has 3 aromatic heterocycles. The van der Waals surface area contributed by atoms with E-state index < -0.39 is 0 Å². The van der Waals surface area contributed by atoms with Crippen molar-refractivity contribution in [3.63, 3.8) is 0 Å². The van der Waals surface area contributed by atoms with Crippen LogP contribution in [0.2, 0.25) is 0 Å². The van der Waals surface area contributed by atoms with Crippen molar-refractivity contribution >= 4 is 40.2 Å². The lowest BCUT2D eigenvalue weighted by atomic mass is 10.1. The third-order valence-corrected chi connectivity index (χ3v) is 5.78. The Labute approximate surface area is 235 Å². The molecule has 0 aliphatic carbocycles. The van der Waals surface area contributed by atoms with Crippen LogP contribution in [0.3, 0.4) is 0 Å². The molecule has 0 aliphatic heterocycles. The summed E-state index contributed by atoms with van der Waals surface area (Å²) in [5.74, 6) is 2.08. The van der Waals surface area contributed by atoms with Crippen molar-refractivity contribution in [2.75, 3.05) is 37.4 Å². The summed E-state index contributed by atoms with van der Waals surface area (Å²) in [7, 11) is 3.96. The zero-order valence-electron chi connectivity index (χ0n) is 24.3. The number of carbonyl (C=O) groups excluding carboxylic acids is 1. The van der Waals surface area contributed by atoms with E-state index in [-0.39, 0.29) is 0 Å². The van der Waals surface area contributed by atoms with Gasteiger partial charge in [-0.15, -0.1) is 0 Å². The van der Waals surface area contributed by atoms with Gasteiger partial charge < -0.3 is 19.9 Å². The highest BCUT2D eigenvalue weighted by atomic mass is 16.5. The Kier molecular flexibility index (Phi) is 10.9. The molecule has 10 nitrogen and oxygen atoms in total. The number of benzene rings is 2. The molecule has 1 amide bonds. The highest BCUT2D eigenvalue weighted by molar-refractivity contribution is 5.94. The second kappa shape index (κ2) is 14.5. The molecule has 210 valence electrons. The number of ether oxygens (including phenoxy) is 1. The van der Waals surface area contributed by atoms with Crippen molar-refractivity contribution < 1.29 is 9.53 Å². The fourth-order valence-electron chi connectivity index (χ4n) is 3.84. The molecule has 0 aliphatic rings. The summed E-state index contributed by atoms with van der Waals surface area (Å²) in [5.41, 5.74) is 4.11. The van der Waals surface area contributed by atoms with Crippen LogP contribution >= 0.6 is 0 Å². The molecule has 2 aromatic carbocycles. The summed E-state index contributed by atoms with van der Waals surface area (Å²) < 4.78 is 7.76. The second-order valence-electron chi connectivity index (χ2n) is 8.66. The van der Waals surface area contributed by atoms with Gasteiger partial charge in [-0.2, -0.15) is 5.10 Å². The van der Waals surface area contributed by atoms with Gasteiger partial charge in [-0.3, -0.25) is 4.79 Å². The number of fused-ring (bicyclic) bond motifs is 2. The number of carbonyl (C=O) groups is 1. The van der Waals surface area contributed by atoms with Gasteiger partial charge in [-0.1, -0.05) is 27.7 Å². The zero-order valence-corrected chi connectivity index (χ0v) is 24.3. The first-order valence-electron chi connectivity index (χ1n) is 13.5. The van der Waals surface area contributed by atoms with Crippen molar-refractivity contribution in [3.05, 3.63) is 72.9 Å². The minimum absolute atomic E-state index is 0.586. The number of pyridine rings is 1. The maximum Gasteiger partial charge on any atom is 0.214 e. The molecule has 0 bridgehead atoms. The molecular weight excluding hydrogens is 504 g/mol. The van der Waals surface area contributed by atoms with E-state index in [2.05, 4.69) is 25.4 Å². The lowest BCUT2D eigenvalue weighted by Gasteiger charge is -2.20. The van der Waals surface area contributed by atoms with Crippen LogP contribution in [0.4, 0.5) is 17.2 Å². The van der Waals surface area contributed by atoms with E-state index in [4.69, 9.17) is 4.74 Å². The number of hydrogen-bond donors (Lipinski definition) is 1. The van der Waals surface area contributed by atoms with Gasteiger partial charge >= 0.3 is 0 Å². The van der Waals surface area contributed by atoms with E-state index in [1.54, 1.807) is 9.42 Å². The Morgan fingerprint density at radius 2 is 1.73 bits per heavy atom. The van der Waals surface area contributed by atoms with E-state index in [0.29, 0.717) is 23.8 Å². The van der Waals surface area contributed by atoms with Gasteiger partial charge in [0, 0.05) is 42.1 Å². The third kappa shape index (κ3) is 7.29. The first-order chi connectivity index (χ1) is 19.5. The Hall–Kier alpha value is -4.57. The average Bonchev–Trinajstić information content (AvgIpc) is 3.45. The summed E-state index contributed by atoms with van der Waals surface area (Å²) in [6, 6.07) is 15.3. The summed E-state index contributed by atoms with van der Waals surface area (Å²) in [6.45, 7) is 11.3. The Morgan fingerprint density at radius 1 is 0.925 bits per heavy atom. The number of nitrogens with zero attached hydrogens (tertiary/aromatic N) is 7. The Bertz CT molecular complexity index is 1530. The highest BCUT2D eigenvalue weighted by Gasteiger charge is 2.11. The quantitative estimate of drug-likeness (QED) is 0.223. The number of hydrogen-bond acceptors (Lipinski definition) is 8. The maximum atomic E-state index is 11.7. The number of nitrogens with one attached hydrogen (secondary N) is 1. The Morgan fingerprint density at radius 3 is 2.45 bits per heavy atom. The van der Waals surface area contributed by atoms with Crippen molar-refractivity contribution in [2.45, 2.75) is 34.6 Å². The minimum Gasteiger partial charge on any atom is -0.457 e. The van der Waals surface area contributed by atoms with Gasteiger partial charge in [-0.05, 0) is 69.0 Å². The molecule has 10 heteroatoms. The lowest BCUT2D eigenvalue weighted by Crippen LogP contribution is -2.30. The normalized spacial score (nSPS) is 10.4. The molecule has 0 saturated carbocycles. The van der Waals surface area contributed by atoms with Gasteiger partial charge in [0.25, 0.3) is 0 Å². The Balaban J connectivity index is 0.00000106. The largest absolute Gasteiger partial charge is 0.457 e. The van der Waals surface area contributed by atoms with Crippen LogP contribution in [0, 0.1) is 6.92 Å². The van der Waals surface area contributed by atoms with Crippen molar-refractivity contribution in [3.8, 4) is 11.5 Å². The molecule has 3 heterocycles. The molecule has 0 saturated heterocycles. The van der Waals surface area contributed by atoms with Crippen LogP contribution in [0.15, 0.2) is 67.4 Å². The highest BCUT2D eigenvalue weighted by Crippen LogP contribution is 2.31. The van der Waals surface area contributed by atoms with Crippen LogP contribution in [0.5, 0.6) is 11.5 Å². The van der Waals surface area contributed by atoms with Gasteiger partial charge in [0.05, 0.1) is 5.52 Å². The predicted octanol–water partition coefficient (Wildman–Crippen LogP) is 6.09. The number of rotatable bonds is 9. The van der Waals surface area contributed by atoms with Gasteiger partial charge in [0.15, 0.2) is 5.65 Å². The van der Waals surface area contributed by atoms with Crippen molar-refractivity contribution in [1.29, 1.82) is 0 Å². The molecule has 0 unspecified atom stereocenters. The minimum atomic E-state index is 0.586. The fraction of sp³-hybridized carbons (Fsp3) is 0.300. The summed E-state index contributed by atoms with van der Waals surface area (Å²) >= 11 is 0. The van der Waals surface area contributed by atoms with Crippen molar-refractivity contribution in [1.82, 2.24) is 29.5 Å².